The molecule has 6 aromatic rings. The van der Waals surface area contributed by atoms with Gasteiger partial charge in [0.1, 0.15) is 34.5 Å². The average molecular weight is 843 g/mol. The maximum absolute atomic E-state index is 14.7. The van der Waals surface area contributed by atoms with Gasteiger partial charge in [0, 0.05) is 11.8 Å². The lowest BCUT2D eigenvalue weighted by Crippen LogP contribution is -2.33. The van der Waals surface area contributed by atoms with E-state index in [-0.39, 0.29) is 5.41 Å². The Morgan fingerprint density at radius 2 is 1.02 bits per heavy atom. The number of phosphoric ester groups is 2. The Labute approximate surface area is 354 Å². The molecule has 0 radical (unpaired) electrons. The third kappa shape index (κ3) is 8.46. The van der Waals surface area contributed by atoms with Crippen molar-refractivity contribution in [3.05, 3.63) is 177 Å². The van der Waals surface area contributed by atoms with E-state index in [4.69, 9.17) is 27.1 Å². The van der Waals surface area contributed by atoms with Crippen molar-refractivity contribution < 1.29 is 36.3 Å². The van der Waals surface area contributed by atoms with E-state index < -0.39 is 15.6 Å². The van der Waals surface area contributed by atoms with Crippen molar-refractivity contribution in [3.8, 4) is 34.5 Å². The van der Waals surface area contributed by atoms with Crippen molar-refractivity contribution >= 4 is 15.6 Å². The molecule has 0 amide bonds. The molecule has 0 aromatic heterocycles. The smallest absolute Gasteiger partial charge is 0.386 e. The third-order valence-corrected chi connectivity index (χ3v) is 14.3. The summed E-state index contributed by atoms with van der Waals surface area (Å²) in [5, 5.41) is 0. The van der Waals surface area contributed by atoms with Crippen molar-refractivity contribution in [3.63, 3.8) is 0 Å². The molecule has 1 fully saturated rings. The van der Waals surface area contributed by atoms with E-state index in [2.05, 4.69) is 19.1 Å². The first-order valence-electron chi connectivity index (χ1n) is 20.6. The first-order chi connectivity index (χ1) is 28.7. The van der Waals surface area contributed by atoms with Gasteiger partial charge in [-0.2, -0.15) is 9.13 Å². The highest BCUT2D eigenvalue weighted by molar-refractivity contribution is 7.50. The van der Waals surface area contributed by atoms with E-state index in [0.717, 1.165) is 81.3 Å². The fourth-order valence-corrected chi connectivity index (χ4v) is 11.8. The Morgan fingerprint density at radius 3 is 1.48 bits per heavy atom. The summed E-state index contributed by atoms with van der Waals surface area (Å²) in [5.74, 6) is 3.16. The molecule has 1 saturated carbocycles. The lowest BCUT2D eigenvalue weighted by atomic mass is 9.62. The lowest BCUT2D eigenvalue weighted by molar-refractivity contribution is 0.272. The van der Waals surface area contributed by atoms with Crippen LogP contribution < -0.4 is 27.1 Å². The quantitative estimate of drug-likeness (QED) is 0.126. The highest BCUT2D eigenvalue weighted by atomic mass is 31.2. The van der Waals surface area contributed by atoms with Gasteiger partial charge in [0.05, 0.1) is 0 Å². The van der Waals surface area contributed by atoms with E-state index in [1.165, 1.54) is 0 Å². The molecule has 8 rings (SSSR count). The van der Waals surface area contributed by atoms with Gasteiger partial charge in [-0.15, -0.1) is 0 Å². The van der Waals surface area contributed by atoms with E-state index in [0.29, 0.717) is 46.8 Å². The Kier molecular flexibility index (Phi) is 11.4. The predicted molar refractivity (Wildman–Crippen MR) is 237 cm³/mol. The molecule has 2 aliphatic rings. The van der Waals surface area contributed by atoms with Gasteiger partial charge in [-0.3, -0.25) is 0 Å². The van der Waals surface area contributed by atoms with Crippen LogP contribution in [0.4, 0.5) is 0 Å². The molecule has 0 N–H and O–H groups in total. The van der Waals surface area contributed by atoms with Gasteiger partial charge in [-0.25, -0.2) is 0 Å². The number of hydrogen-bond acceptors (Lipinski definition) is 8. The Hall–Kier alpha value is -5.42. The summed E-state index contributed by atoms with van der Waals surface area (Å²) in [4.78, 5) is 0. The van der Waals surface area contributed by atoms with Crippen LogP contribution in [0.15, 0.2) is 121 Å². The Balaban J connectivity index is 1.09. The zero-order valence-corrected chi connectivity index (χ0v) is 37.1. The van der Waals surface area contributed by atoms with Crippen molar-refractivity contribution in [2.24, 2.45) is 5.92 Å². The van der Waals surface area contributed by atoms with E-state index in [1.54, 1.807) is 0 Å². The van der Waals surface area contributed by atoms with Crippen LogP contribution in [-0.2, 0) is 21.0 Å². The summed E-state index contributed by atoms with van der Waals surface area (Å²) < 4.78 is 66.7. The molecule has 1 aliphatic carbocycles. The molecule has 60 heavy (non-hydrogen) atoms. The standard InChI is InChI=1S/C50H52O8P2/c1-33-13-12-30-50(32-33,42-22-26-44(27-23-42)53-59(51,55-46-34(2)14-8-15-35(46)3)56-47-36(4)16-9-17-37(47)5)43-24-28-45(29-25-43)54-60(52)57-48-38(6)18-10-20-40(48)31-41-21-11-19-39(7)49(41)58-60/h8-11,14-29,33H,12-13,30-32H2,1-7H3. The van der Waals surface area contributed by atoms with Crippen LogP contribution in [0.3, 0.4) is 0 Å². The molecule has 310 valence electrons. The zero-order chi connectivity index (χ0) is 42.2. The van der Waals surface area contributed by atoms with Crippen molar-refractivity contribution in [2.45, 2.75) is 86.0 Å². The maximum atomic E-state index is 14.7. The number of fused-ring (bicyclic) bond motifs is 2. The Morgan fingerprint density at radius 1 is 0.583 bits per heavy atom. The first kappa shape index (κ1) is 41.3. The number of rotatable bonds is 10. The van der Waals surface area contributed by atoms with Crippen LogP contribution in [0, 0.1) is 47.5 Å². The van der Waals surface area contributed by atoms with Crippen LogP contribution in [0.25, 0.3) is 0 Å². The monoisotopic (exact) mass is 842 g/mol. The zero-order valence-electron chi connectivity index (χ0n) is 35.3. The minimum Gasteiger partial charge on any atom is -0.386 e. The molecule has 10 heteroatoms. The molecule has 0 spiro atoms. The van der Waals surface area contributed by atoms with Crippen LogP contribution in [0.2, 0.25) is 0 Å². The predicted octanol–water partition coefficient (Wildman–Crippen LogP) is 14.2. The summed E-state index contributed by atoms with van der Waals surface area (Å²) >= 11 is 0. The highest BCUT2D eigenvalue weighted by Crippen LogP contribution is 2.56. The third-order valence-electron chi connectivity index (χ3n) is 11.8. The van der Waals surface area contributed by atoms with Crippen molar-refractivity contribution in [2.75, 3.05) is 0 Å². The minimum absolute atomic E-state index is 0.328. The average Bonchev–Trinajstić information content (AvgIpc) is 3.20. The van der Waals surface area contributed by atoms with E-state index >= 15 is 0 Å². The second-order valence-corrected chi connectivity index (χ2v) is 19.4. The fraction of sp³-hybridized carbons (Fsp3) is 0.280. The fourth-order valence-electron chi connectivity index (χ4n) is 8.79. The van der Waals surface area contributed by atoms with Gasteiger partial charge < -0.3 is 27.1 Å². The van der Waals surface area contributed by atoms with Gasteiger partial charge >= 0.3 is 15.6 Å². The highest BCUT2D eigenvalue weighted by Gasteiger charge is 2.41. The molecule has 2 unspecified atom stereocenters. The van der Waals surface area contributed by atoms with Gasteiger partial charge in [-0.1, -0.05) is 117 Å². The summed E-state index contributed by atoms with van der Waals surface area (Å²) in [5.41, 5.74) is 8.70. The summed E-state index contributed by atoms with van der Waals surface area (Å²) in [6.07, 6.45) is 4.62. The molecular weight excluding hydrogens is 790 g/mol. The number of hydrogen-bond donors (Lipinski definition) is 0. The summed E-state index contributed by atoms with van der Waals surface area (Å²) in [6, 6.07) is 38.9. The topological polar surface area (TPSA) is 89.5 Å². The Bertz CT molecular complexity index is 2480. The second-order valence-electron chi connectivity index (χ2n) is 16.5. The number of phosphoric acid groups is 2. The van der Waals surface area contributed by atoms with Crippen molar-refractivity contribution in [1.82, 2.24) is 0 Å². The summed E-state index contributed by atoms with van der Waals surface area (Å²) in [6.45, 7) is 13.8. The van der Waals surface area contributed by atoms with Gasteiger partial charge in [0.25, 0.3) is 0 Å². The molecule has 0 bridgehead atoms. The number of benzene rings is 6. The summed E-state index contributed by atoms with van der Waals surface area (Å²) in [7, 11) is -8.45. The molecule has 1 aliphatic heterocycles. The molecule has 0 saturated heterocycles. The lowest BCUT2D eigenvalue weighted by Gasteiger charge is -2.41. The SMILES string of the molecule is Cc1cccc(C)c1OP(=O)(Oc1ccc(C2(c3ccc(OP4(=O)Oc5c(C)cccc5Cc5cccc(C)c5O4)cc3)CCCC(C)C2)cc1)Oc1c(C)cccc1C. The minimum atomic E-state index is -4.26. The van der Waals surface area contributed by atoms with E-state index in [9.17, 15) is 9.13 Å². The maximum Gasteiger partial charge on any atom is 0.647 e. The molecule has 6 aromatic carbocycles. The molecule has 8 nitrogen and oxygen atoms in total. The normalized spacial score (nSPS) is 18.4. The first-order valence-corrected chi connectivity index (χ1v) is 23.5. The van der Waals surface area contributed by atoms with Crippen LogP contribution in [0.5, 0.6) is 34.5 Å². The van der Waals surface area contributed by atoms with Crippen LogP contribution in [0.1, 0.15) is 88.2 Å². The van der Waals surface area contributed by atoms with Crippen LogP contribution in [-0.4, -0.2) is 0 Å². The van der Waals surface area contributed by atoms with Gasteiger partial charge in [0.2, 0.25) is 0 Å². The second kappa shape index (κ2) is 16.6. The molecule has 1 heterocycles. The number of aryl methyl sites for hydroxylation is 6. The van der Waals surface area contributed by atoms with Gasteiger partial charge in [-0.05, 0) is 140 Å². The van der Waals surface area contributed by atoms with E-state index in [1.807, 2.05) is 151 Å². The largest absolute Gasteiger partial charge is 0.647 e. The van der Waals surface area contributed by atoms with Crippen LogP contribution >= 0.6 is 15.6 Å². The van der Waals surface area contributed by atoms with Gasteiger partial charge in [0.15, 0.2) is 0 Å². The molecular formula is C50H52O8P2. The van der Waals surface area contributed by atoms with Crippen molar-refractivity contribution in [1.29, 1.82) is 0 Å². The molecule has 2 atom stereocenters. The number of para-hydroxylation sites is 4.